The molecule has 2 atom stereocenters. The number of thiazole rings is 1. The van der Waals surface area contributed by atoms with Crippen LogP contribution in [0.1, 0.15) is 39.0 Å². The number of hydrogen-bond donors (Lipinski definition) is 2. The van der Waals surface area contributed by atoms with Crippen molar-refractivity contribution < 1.29 is 5.11 Å². The molecule has 1 fully saturated rings. The lowest BCUT2D eigenvalue weighted by atomic mass is 9.82. The maximum absolute atomic E-state index is 9.73. The van der Waals surface area contributed by atoms with E-state index in [9.17, 15) is 5.11 Å². The van der Waals surface area contributed by atoms with Crippen LogP contribution in [-0.2, 0) is 0 Å². The van der Waals surface area contributed by atoms with E-state index in [2.05, 4.69) is 17.2 Å². The first-order chi connectivity index (χ1) is 8.78. The number of aliphatic hydroxyl groups is 1. The number of thioether (sulfide) groups is 1. The third-order valence-electron chi connectivity index (χ3n) is 3.53. The Hall–Kier alpha value is -0.100. The Morgan fingerprint density at radius 3 is 3.22 bits per heavy atom. The van der Waals surface area contributed by atoms with E-state index in [1.807, 2.05) is 23.3 Å². The van der Waals surface area contributed by atoms with E-state index in [1.165, 1.54) is 12.8 Å². The monoisotopic (exact) mass is 286 g/mol. The summed E-state index contributed by atoms with van der Waals surface area (Å²) < 4.78 is 1.16. The molecule has 0 bridgehead atoms. The molecule has 0 amide bonds. The Morgan fingerprint density at radius 2 is 2.56 bits per heavy atom. The first kappa shape index (κ1) is 14.3. The van der Waals surface area contributed by atoms with Crippen molar-refractivity contribution in [3.8, 4) is 0 Å². The van der Waals surface area contributed by atoms with E-state index in [0.29, 0.717) is 5.25 Å². The summed E-state index contributed by atoms with van der Waals surface area (Å²) in [5.41, 5.74) is -0.0524. The molecule has 5 heteroatoms. The highest BCUT2D eigenvalue weighted by Gasteiger charge is 2.35. The van der Waals surface area contributed by atoms with E-state index in [-0.39, 0.29) is 12.1 Å². The number of nitrogens with zero attached hydrogens (tertiary/aromatic N) is 1. The lowest BCUT2D eigenvalue weighted by Gasteiger charge is -2.40. The van der Waals surface area contributed by atoms with E-state index < -0.39 is 0 Å². The summed E-state index contributed by atoms with van der Waals surface area (Å²) in [5.74, 6) is 0. The molecule has 3 nitrogen and oxygen atoms in total. The quantitative estimate of drug-likeness (QED) is 0.844. The van der Waals surface area contributed by atoms with Gasteiger partial charge in [-0.25, -0.2) is 4.98 Å². The molecule has 1 heterocycles. The van der Waals surface area contributed by atoms with Crippen molar-refractivity contribution in [2.45, 2.75) is 54.2 Å². The second-order valence-corrected chi connectivity index (χ2v) is 7.44. The highest BCUT2D eigenvalue weighted by Crippen LogP contribution is 2.38. The van der Waals surface area contributed by atoms with Crippen LogP contribution in [0.3, 0.4) is 0 Å². The summed E-state index contributed by atoms with van der Waals surface area (Å²) in [5, 5.41) is 15.9. The van der Waals surface area contributed by atoms with Crippen LogP contribution in [0.25, 0.3) is 0 Å². The predicted octanol–water partition coefficient (Wildman–Crippen LogP) is 2.91. The van der Waals surface area contributed by atoms with E-state index in [4.69, 9.17) is 0 Å². The molecular formula is C13H22N2OS2. The molecule has 1 aromatic rings. The summed E-state index contributed by atoms with van der Waals surface area (Å²) >= 11 is 3.59. The maximum Gasteiger partial charge on any atom is 0.150 e. The second kappa shape index (κ2) is 6.89. The van der Waals surface area contributed by atoms with Gasteiger partial charge in [0, 0.05) is 22.4 Å². The molecule has 1 aliphatic rings. The summed E-state index contributed by atoms with van der Waals surface area (Å²) in [6, 6.07) is 0. The van der Waals surface area contributed by atoms with Crippen molar-refractivity contribution in [2.75, 3.05) is 13.2 Å². The van der Waals surface area contributed by atoms with Gasteiger partial charge in [-0.05, 0) is 32.2 Å². The standard InChI is InChI=1S/C13H22N2OS2/c1-2-6-15-13(10-16)5-3-4-11(9-13)18-12-14-7-8-17-12/h7-8,11,15-16H,2-6,9-10H2,1H3. The van der Waals surface area contributed by atoms with E-state index in [0.717, 1.165) is 30.1 Å². The van der Waals surface area contributed by atoms with Crippen LogP contribution < -0.4 is 5.32 Å². The van der Waals surface area contributed by atoms with Crippen LogP contribution in [0.5, 0.6) is 0 Å². The second-order valence-electron chi connectivity index (χ2n) is 5.00. The largest absolute Gasteiger partial charge is 0.394 e. The fourth-order valence-corrected chi connectivity index (χ4v) is 4.82. The molecular weight excluding hydrogens is 264 g/mol. The van der Waals surface area contributed by atoms with Gasteiger partial charge in [0.15, 0.2) is 0 Å². The number of hydrogen-bond acceptors (Lipinski definition) is 5. The van der Waals surface area contributed by atoms with Crippen molar-refractivity contribution in [2.24, 2.45) is 0 Å². The van der Waals surface area contributed by atoms with Gasteiger partial charge in [-0.15, -0.1) is 11.3 Å². The smallest absolute Gasteiger partial charge is 0.150 e. The molecule has 1 aliphatic carbocycles. The topological polar surface area (TPSA) is 45.1 Å². The van der Waals surface area contributed by atoms with Crippen LogP contribution in [0.2, 0.25) is 0 Å². The Kier molecular flexibility index (Phi) is 5.48. The molecule has 0 aromatic carbocycles. The molecule has 0 radical (unpaired) electrons. The number of aromatic nitrogens is 1. The molecule has 0 spiro atoms. The van der Waals surface area contributed by atoms with Crippen molar-refractivity contribution in [3.05, 3.63) is 11.6 Å². The molecule has 2 unspecified atom stereocenters. The van der Waals surface area contributed by atoms with Gasteiger partial charge in [0.1, 0.15) is 4.34 Å². The summed E-state index contributed by atoms with van der Waals surface area (Å²) in [4.78, 5) is 4.34. The fraction of sp³-hybridized carbons (Fsp3) is 0.769. The Labute approximate surface area is 117 Å². The number of rotatable bonds is 6. The van der Waals surface area contributed by atoms with Gasteiger partial charge in [-0.1, -0.05) is 25.1 Å². The van der Waals surface area contributed by atoms with E-state index in [1.54, 1.807) is 11.3 Å². The normalized spacial score (nSPS) is 28.4. The van der Waals surface area contributed by atoms with E-state index >= 15 is 0 Å². The molecule has 1 saturated carbocycles. The molecule has 2 N–H and O–H groups in total. The third-order valence-corrected chi connectivity index (χ3v) is 5.71. The Balaban J connectivity index is 1.93. The molecule has 102 valence electrons. The van der Waals surface area contributed by atoms with Crippen LogP contribution in [0.4, 0.5) is 0 Å². The van der Waals surface area contributed by atoms with Crippen LogP contribution in [0.15, 0.2) is 15.9 Å². The lowest BCUT2D eigenvalue weighted by molar-refractivity contribution is 0.124. The summed E-state index contributed by atoms with van der Waals surface area (Å²) in [6.07, 6.45) is 7.56. The Morgan fingerprint density at radius 1 is 1.67 bits per heavy atom. The third kappa shape index (κ3) is 3.70. The predicted molar refractivity (Wildman–Crippen MR) is 78.3 cm³/mol. The number of nitrogens with one attached hydrogen (secondary N) is 1. The van der Waals surface area contributed by atoms with Crippen LogP contribution in [0, 0.1) is 0 Å². The minimum absolute atomic E-state index is 0.0524. The summed E-state index contributed by atoms with van der Waals surface area (Å²) in [7, 11) is 0. The first-order valence-corrected chi connectivity index (χ1v) is 8.46. The van der Waals surface area contributed by atoms with Crippen molar-refractivity contribution in [3.63, 3.8) is 0 Å². The molecule has 0 aliphatic heterocycles. The molecule has 2 rings (SSSR count). The average molecular weight is 286 g/mol. The molecule has 0 saturated heterocycles. The lowest BCUT2D eigenvalue weighted by Crippen LogP contribution is -2.52. The van der Waals surface area contributed by atoms with Crippen molar-refractivity contribution in [1.82, 2.24) is 10.3 Å². The van der Waals surface area contributed by atoms with Crippen molar-refractivity contribution >= 4 is 23.1 Å². The average Bonchev–Trinajstić information content (AvgIpc) is 2.90. The van der Waals surface area contributed by atoms with Gasteiger partial charge in [0.05, 0.1) is 6.61 Å². The maximum atomic E-state index is 9.73. The van der Waals surface area contributed by atoms with Gasteiger partial charge in [-0.3, -0.25) is 0 Å². The molecule has 1 aromatic heterocycles. The SMILES string of the molecule is CCCNC1(CO)CCCC(Sc2nccs2)C1. The van der Waals surface area contributed by atoms with Gasteiger partial charge >= 0.3 is 0 Å². The molecule has 18 heavy (non-hydrogen) atoms. The fourth-order valence-electron chi connectivity index (χ4n) is 2.57. The minimum Gasteiger partial charge on any atom is -0.394 e. The van der Waals surface area contributed by atoms with Crippen LogP contribution >= 0.6 is 23.1 Å². The highest BCUT2D eigenvalue weighted by molar-refractivity contribution is 8.01. The zero-order valence-corrected chi connectivity index (χ0v) is 12.5. The Bertz CT molecular complexity index is 345. The van der Waals surface area contributed by atoms with Gasteiger partial charge in [0.25, 0.3) is 0 Å². The highest BCUT2D eigenvalue weighted by atomic mass is 32.2. The number of aliphatic hydroxyl groups excluding tert-OH is 1. The van der Waals surface area contributed by atoms with Gasteiger partial charge in [0.2, 0.25) is 0 Å². The van der Waals surface area contributed by atoms with Gasteiger partial charge in [-0.2, -0.15) is 0 Å². The zero-order chi connectivity index (χ0) is 12.8. The minimum atomic E-state index is -0.0524. The summed E-state index contributed by atoms with van der Waals surface area (Å²) in [6.45, 7) is 3.42. The van der Waals surface area contributed by atoms with Crippen molar-refractivity contribution in [1.29, 1.82) is 0 Å². The first-order valence-electron chi connectivity index (χ1n) is 6.70. The van der Waals surface area contributed by atoms with Gasteiger partial charge < -0.3 is 10.4 Å². The zero-order valence-electron chi connectivity index (χ0n) is 10.9. The van der Waals surface area contributed by atoms with Crippen LogP contribution in [-0.4, -0.2) is 34.0 Å².